The number of aromatic nitrogens is 2. The van der Waals surface area contributed by atoms with Gasteiger partial charge in [-0.1, -0.05) is 0 Å². The van der Waals surface area contributed by atoms with Crippen LogP contribution < -0.4 is 4.18 Å². The molecular formula is C5H5N2O4S. The lowest BCUT2D eigenvalue weighted by molar-refractivity contribution is 0.379. The van der Waals surface area contributed by atoms with Crippen molar-refractivity contribution < 1.29 is 17.2 Å². The number of hydrogen-bond acceptors (Lipinski definition) is 5. The van der Waals surface area contributed by atoms with Crippen LogP contribution >= 0.6 is 0 Å². The summed E-state index contributed by atoms with van der Waals surface area (Å²) in [6.07, 6.45) is 3.44. The molecule has 65 valence electrons. The molecule has 0 bridgehead atoms. The predicted octanol–water partition coefficient (Wildman–Crippen LogP) is -0.233. The number of aryl methyl sites for hydroxylation is 1. The molecule has 1 aromatic heterocycles. The fourth-order valence-corrected chi connectivity index (χ4v) is 0.896. The molecule has 12 heavy (non-hydrogen) atoms. The summed E-state index contributed by atoms with van der Waals surface area (Å²) in [5, 5.41) is 0. The zero-order valence-electron chi connectivity index (χ0n) is 6.05. The van der Waals surface area contributed by atoms with Gasteiger partial charge in [0.2, 0.25) is 12.2 Å². The van der Waals surface area contributed by atoms with E-state index in [0.29, 0.717) is 5.56 Å². The second kappa shape index (κ2) is 3.03. The van der Waals surface area contributed by atoms with Crippen LogP contribution in [0, 0.1) is 13.3 Å². The minimum Gasteiger partial charge on any atom is -0.341 e. The standard InChI is InChI=1S/C5H5N2O4S/c1-4-2-6-3-7-5(4)11-12(8,9)10/h2H,1H3,(H,8,9,10). The van der Waals surface area contributed by atoms with E-state index < -0.39 is 10.4 Å². The van der Waals surface area contributed by atoms with Crippen LogP contribution in [0.3, 0.4) is 0 Å². The molecule has 0 atom stereocenters. The topological polar surface area (TPSA) is 89.4 Å². The highest BCUT2D eigenvalue weighted by atomic mass is 32.3. The summed E-state index contributed by atoms with van der Waals surface area (Å²) >= 11 is 0. The molecule has 1 N–H and O–H groups in total. The van der Waals surface area contributed by atoms with E-state index in [1.165, 1.54) is 13.1 Å². The Morgan fingerprint density at radius 2 is 2.33 bits per heavy atom. The van der Waals surface area contributed by atoms with Crippen molar-refractivity contribution in [3.8, 4) is 5.88 Å². The minimum absolute atomic E-state index is 0.229. The second-order valence-corrected chi connectivity index (χ2v) is 2.99. The van der Waals surface area contributed by atoms with E-state index in [-0.39, 0.29) is 5.88 Å². The molecule has 7 heteroatoms. The van der Waals surface area contributed by atoms with Crippen molar-refractivity contribution in [1.29, 1.82) is 0 Å². The first-order valence-corrected chi connectivity index (χ1v) is 4.22. The quantitative estimate of drug-likeness (QED) is 0.646. The normalized spacial score (nSPS) is 11.2. The predicted molar refractivity (Wildman–Crippen MR) is 37.8 cm³/mol. The molecule has 0 saturated carbocycles. The van der Waals surface area contributed by atoms with E-state index >= 15 is 0 Å². The van der Waals surface area contributed by atoms with Crippen molar-refractivity contribution in [2.75, 3.05) is 0 Å². The van der Waals surface area contributed by atoms with Crippen molar-refractivity contribution in [2.24, 2.45) is 0 Å². The Bertz CT molecular complexity index is 375. The van der Waals surface area contributed by atoms with Crippen molar-refractivity contribution in [3.63, 3.8) is 0 Å². The average molecular weight is 189 g/mol. The third kappa shape index (κ3) is 2.44. The van der Waals surface area contributed by atoms with Crippen LogP contribution in [0.5, 0.6) is 5.88 Å². The Kier molecular flexibility index (Phi) is 2.25. The van der Waals surface area contributed by atoms with Crippen LogP contribution in [0.1, 0.15) is 5.56 Å². The fourth-order valence-electron chi connectivity index (χ4n) is 0.527. The molecule has 0 unspecified atom stereocenters. The number of rotatable bonds is 2. The molecule has 0 spiro atoms. The Balaban J connectivity index is 2.98. The van der Waals surface area contributed by atoms with Gasteiger partial charge in [-0.15, -0.1) is 0 Å². The van der Waals surface area contributed by atoms with Crippen LogP contribution in [0.2, 0.25) is 0 Å². The molecule has 1 rings (SSSR count). The van der Waals surface area contributed by atoms with Gasteiger partial charge in [0.15, 0.2) is 0 Å². The van der Waals surface area contributed by atoms with Gasteiger partial charge in [-0.25, -0.2) is 4.98 Å². The lowest BCUT2D eigenvalue weighted by Gasteiger charge is -2.00. The van der Waals surface area contributed by atoms with E-state index in [2.05, 4.69) is 20.5 Å². The van der Waals surface area contributed by atoms with E-state index in [4.69, 9.17) is 4.55 Å². The summed E-state index contributed by atoms with van der Waals surface area (Å²) in [7, 11) is -4.51. The van der Waals surface area contributed by atoms with E-state index in [0.717, 1.165) is 0 Å². The van der Waals surface area contributed by atoms with Crippen LogP contribution in [0.4, 0.5) is 0 Å². The number of nitrogens with zero attached hydrogens (tertiary/aromatic N) is 2. The molecule has 6 nitrogen and oxygen atoms in total. The first-order chi connectivity index (χ1) is 5.49. The highest BCUT2D eigenvalue weighted by Crippen LogP contribution is 2.11. The Morgan fingerprint density at radius 1 is 1.67 bits per heavy atom. The third-order valence-corrected chi connectivity index (χ3v) is 1.36. The van der Waals surface area contributed by atoms with E-state index in [1.54, 1.807) is 0 Å². The van der Waals surface area contributed by atoms with Crippen LogP contribution in [0.25, 0.3) is 0 Å². The maximum atomic E-state index is 10.2. The van der Waals surface area contributed by atoms with Crippen LogP contribution in [-0.2, 0) is 10.4 Å². The summed E-state index contributed by atoms with van der Waals surface area (Å²) < 4.78 is 32.8. The summed E-state index contributed by atoms with van der Waals surface area (Å²) in [6, 6.07) is 0. The highest BCUT2D eigenvalue weighted by Gasteiger charge is 2.10. The maximum Gasteiger partial charge on any atom is 0.448 e. The Morgan fingerprint density at radius 3 is 2.83 bits per heavy atom. The molecule has 1 aromatic rings. The fraction of sp³-hybridized carbons (Fsp3) is 0.200. The molecule has 0 fully saturated rings. The third-order valence-electron chi connectivity index (χ3n) is 0.989. The zero-order valence-corrected chi connectivity index (χ0v) is 6.87. The first kappa shape index (κ1) is 8.88. The van der Waals surface area contributed by atoms with Gasteiger partial charge >= 0.3 is 10.4 Å². The minimum atomic E-state index is -4.51. The molecule has 0 amide bonds. The largest absolute Gasteiger partial charge is 0.448 e. The van der Waals surface area contributed by atoms with Gasteiger partial charge in [-0.05, 0) is 6.92 Å². The van der Waals surface area contributed by atoms with Gasteiger partial charge in [-0.3, -0.25) is 4.55 Å². The molecule has 0 aromatic carbocycles. The highest BCUT2D eigenvalue weighted by molar-refractivity contribution is 7.81. The average Bonchev–Trinajstić information content (AvgIpc) is 1.91. The number of hydrogen-bond donors (Lipinski definition) is 1. The monoisotopic (exact) mass is 189 g/mol. The van der Waals surface area contributed by atoms with Gasteiger partial charge in [0, 0.05) is 11.8 Å². The van der Waals surface area contributed by atoms with Crippen molar-refractivity contribution >= 4 is 10.4 Å². The van der Waals surface area contributed by atoms with Gasteiger partial charge in [0.1, 0.15) is 0 Å². The Labute approximate surface area is 69.2 Å². The first-order valence-electron chi connectivity index (χ1n) is 2.85. The summed E-state index contributed by atoms with van der Waals surface area (Å²) in [5.74, 6) is -0.229. The van der Waals surface area contributed by atoms with E-state index in [1.807, 2.05) is 0 Å². The molecular weight excluding hydrogens is 184 g/mol. The summed E-state index contributed by atoms with van der Waals surface area (Å²) in [6.45, 7) is 1.54. The summed E-state index contributed by atoms with van der Waals surface area (Å²) in [4.78, 5) is 6.85. The SMILES string of the molecule is Cc1cn[c]nc1OS(=O)(=O)O. The second-order valence-electron chi connectivity index (χ2n) is 1.97. The van der Waals surface area contributed by atoms with Gasteiger partial charge in [-0.2, -0.15) is 13.4 Å². The van der Waals surface area contributed by atoms with Crippen LogP contribution in [-0.4, -0.2) is 22.9 Å². The Hall–Kier alpha value is -1.21. The van der Waals surface area contributed by atoms with Gasteiger partial charge in [0.05, 0.1) is 0 Å². The molecule has 0 aliphatic heterocycles. The molecule has 1 radical (unpaired) electrons. The lowest BCUT2D eigenvalue weighted by atomic mass is 10.4. The molecule has 0 aliphatic rings. The van der Waals surface area contributed by atoms with Gasteiger partial charge in [0.25, 0.3) is 0 Å². The van der Waals surface area contributed by atoms with Crippen molar-refractivity contribution in [1.82, 2.24) is 9.97 Å². The molecule has 0 saturated heterocycles. The van der Waals surface area contributed by atoms with Crippen molar-refractivity contribution in [3.05, 3.63) is 18.1 Å². The summed E-state index contributed by atoms with van der Waals surface area (Å²) in [5.41, 5.74) is 0.395. The molecule has 0 aliphatic carbocycles. The van der Waals surface area contributed by atoms with Crippen molar-refractivity contribution in [2.45, 2.75) is 6.92 Å². The zero-order chi connectivity index (χ0) is 9.19. The van der Waals surface area contributed by atoms with Gasteiger partial charge < -0.3 is 4.18 Å². The van der Waals surface area contributed by atoms with Crippen LogP contribution in [0.15, 0.2) is 6.20 Å². The lowest BCUT2D eigenvalue weighted by Crippen LogP contribution is -2.09. The van der Waals surface area contributed by atoms with E-state index in [9.17, 15) is 8.42 Å². The molecule has 1 heterocycles. The maximum absolute atomic E-state index is 10.2. The smallest absolute Gasteiger partial charge is 0.341 e.